The van der Waals surface area contributed by atoms with Gasteiger partial charge in [0, 0.05) is 12.5 Å². The number of carbonyl (C=O) groups excluding carboxylic acids is 1. The van der Waals surface area contributed by atoms with Crippen LogP contribution in [-0.4, -0.2) is 12.3 Å². The van der Waals surface area contributed by atoms with Gasteiger partial charge < -0.3 is 14.2 Å². The van der Waals surface area contributed by atoms with Crippen LogP contribution in [0.15, 0.2) is 49.4 Å². The Labute approximate surface area is 208 Å². The first kappa shape index (κ1) is 29.8. The Morgan fingerprint density at radius 2 is 1.35 bits per heavy atom. The number of carbonyl (C=O) groups is 1. The number of rotatable bonds is 22. The molecule has 1 atom stereocenters. The van der Waals surface area contributed by atoms with Crippen molar-refractivity contribution in [3.05, 3.63) is 55.0 Å². The second kappa shape index (κ2) is 20.2. The van der Waals surface area contributed by atoms with Gasteiger partial charge >= 0.3 is 5.97 Å². The van der Waals surface area contributed by atoms with Gasteiger partial charge in [-0.15, -0.1) is 0 Å². The molecule has 34 heavy (non-hydrogen) atoms. The van der Waals surface area contributed by atoms with Gasteiger partial charge in [-0.1, -0.05) is 110 Å². The molecule has 0 radical (unpaired) electrons. The van der Waals surface area contributed by atoms with E-state index < -0.39 is 12.3 Å². The minimum Gasteiger partial charge on any atom is -0.455 e. The molecular formula is C30H48O4. The highest BCUT2D eigenvalue weighted by molar-refractivity contribution is 5.81. The molecule has 4 nitrogen and oxygen atoms in total. The normalized spacial score (nSPS) is 11.6. The highest BCUT2D eigenvalue weighted by Gasteiger charge is 2.15. The monoisotopic (exact) mass is 472 g/mol. The summed E-state index contributed by atoms with van der Waals surface area (Å²) in [5, 5.41) is 0. The maximum atomic E-state index is 11.4. The van der Waals surface area contributed by atoms with Crippen molar-refractivity contribution >= 4 is 5.97 Å². The van der Waals surface area contributed by atoms with E-state index in [1.54, 1.807) is 0 Å². The highest BCUT2D eigenvalue weighted by Crippen LogP contribution is 2.21. The highest BCUT2D eigenvalue weighted by atomic mass is 16.8. The second-order valence-electron chi connectivity index (χ2n) is 9.09. The Morgan fingerprint density at radius 1 is 0.824 bits per heavy atom. The van der Waals surface area contributed by atoms with Crippen LogP contribution in [0.5, 0.6) is 5.75 Å². The molecular weight excluding hydrogens is 424 g/mol. The Kier molecular flexibility index (Phi) is 17.7. The molecule has 0 N–H and O–H groups in total. The van der Waals surface area contributed by atoms with Gasteiger partial charge in [0.05, 0.1) is 0 Å². The summed E-state index contributed by atoms with van der Waals surface area (Å²) in [6, 6.07) is 8.25. The van der Waals surface area contributed by atoms with E-state index in [1.807, 2.05) is 12.1 Å². The zero-order chi connectivity index (χ0) is 24.9. The lowest BCUT2D eigenvalue weighted by atomic mass is 10.0. The molecule has 0 spiro atoms. The van der Waals surface area contributed by atoms with Crippen LogP contribution in [0.1, 0.15) is 116 Å². The van der Waals surface area contributed by atoms with E-state index in [0.717, 1.165) is 31.1 Å². The summed E-state index contributed by atoms with van der Waals surface area (Å²) in [6.45, 7) is 11.6. The summed E-state index contributed by atoms with van der Waals surface area (Å²) in [6.07, 6.45) is 20.0. The van der Waals surface area contributed by atoms with Crippen LogP contribution >= 0.6 is 0 Å². The number of unbranched alkanes of at least 4 members (excludes halogenated alkanes) is 12. The van der Waals surface area contributed by atoms with Crippen LogP contribution < -0.4 is 4.74 Å². The molecule has 0 heterocycles. The lowest BCUT2D eigenvalue weighted by Crippen LogP contribution is -2.21. The number of ether oxygens (including phenoxy) is 3. The van der Waals surface area contributed by atoms with E-state index in [0.29, 0.717) is 6.42 Å². The van der Waals surface area contributed by atoms with E-state index in [2.05, 4.69) is 39.1 Å². The van der Waals surface area contributed by atoms with Crippen molar-refractivity contribution in [2.24, 2.45) is 0 Å². The molecule has 0 amide bonds. The van der Waals surface area contributed by atoms with Crippen LogP contribution in [0.3, 0.4) is 0 Å². The van der Waals surface area contributed by atoms with E-state index in [-0.39, 0.29) is 5.95 Å². The van der Waals surface area contributed by atoms with Crippen molar-refractivity contribution < 1.29 is 19.0 Å². The molecule has 0 bridgehead atoms. The fourth-order valence-corrected chi connectivity index (χ4v) is 3.91. The van der Waals surface area contributed by atoms with Gasteiger partial charge in [-0.3, -0.25) is 0 Å². The van der Waals surface area contributed by atoms with Crippen molar-refractivity contribution in [1.29, 1.82) is 0 Å². The van der Waals surface area contributed by atoms with E-state index in [4.69, 9.17) is 14.2 Å². The van der Waals surface area contributed by atoms with Gasteiger partial charge in [0.15, 0.2) is 0 Å². The average molecular weight is 473 g/mol. The number of aryl methyl sites for hydroxylation is 1. The fourth-order valence-electron chi connectivity index (χ4n) is 3.91. The first-order valence-corrected chi connectivity index (χ1v) is 13.5. The summed E-state index contributed by atoms with van der Waals surface area (Å²) in [4.78, 5) is 11.4. The molecule has 1 aromatic rings. The quantitative estimate of drug-likeness (QED) is 0.0555. The summed E-state index contributed by atoms with van der Waals surface area (Å²) in [7, 11) is 0. The van der Waals surface area contributed by atoms with E-state index in [1.165, 1.54) is 82.6 Å². The number of benzene rings is 1. The van der Waals surface area contributed by atoms with Crippen LogP contribution in [0.25, 0.3) is 0 Å². The molecule has 0 aliphatic carbocycles. The Bertz CT molecular complexity index is 665. The van der Waals surface area contributed by atoms with E-state index >= 15 is 0 Å². The molecule has 0 saturated heterocycles. The molecule has 0 aliphatic rings. The number of hydrogen-bond donors (Lipinski definition) is 0. The zero-order valence-electron chi connectivity index (χ0n) is 21.8. The molecule has 0 aliphatic heterocycles. The molecule has 1 rings (SSSR count). The third kappa shape index (κ3) is 15.6. The standard InChI is InChI=1S/C30H48O4/c1-5-8-10-12-14-16-18-20-27-22-24-28(25-23-27)34-30(33-26(4)32-29(31)7-3)21-19-17-15-13-11-9-6-2/h7,22-25,30H,3-6,8-21H2,1-2H3. The Balaban J connectivity index is 2.47. The third-order valence-electron chi connectivity index (χ3n) is 5.95. The molecule has 0 fully saturated rings. The molecule has 0 aromatic heterocycles. The van der Waals surface area contributed by atoms with Crippen LogP contribution in [-0.2, 0) is 20.7 Å². The van der Waals surface area contributed by atoms with Gasteiger partial charge in [-0.05, 0) is 43.5 Å². The van der Waals surface area contributed by atoms with Crippen molar-refractivity contribution in [2.45, 2.75) is 123 Å². The topological polar surface area (TPSA) is 44.8 Å². The first-order chi connectivity index (χ1) is 16.6. The minimum absolute atomic E-state index is 0.0617. The Hall–Kier alpha value is -2.23. The van der Waals surface area contributed by atoms with Crippen LogP contribution in [0.4, 0.5) is 0 Å². The van der Waals surface area contributed by atoms with Gasteiger partial charge in [0.1, 0.15) is 5.75 Å². The molecule has 1 aromatic carbocycles. The lowest BCUT2D eigenvalue weighted by Gasteiger charge is -2.21. The predicted molar refractivity (Wildman–Crippen MR) is 142 cm³/mol. The minimum atomic E-state index is -0.589. The number of esters is 1. The maximum absolute atomic E-state index is 11.4. The average Bonchev–Trinajstić information content (AvgIpc) is 2.83. The van der Waals surface area contributed by atoms with E-state index in [9.17, 15) is 4.79 Å². The van der Waals surface area contributed by atoms with Gasteiger partial charge in [0.25, 0.3) is 5.95 Å². The van der Waals surface area contributed by atoms with Crippen LogP contribution in [0.2, 0.25) is 0 Å². The van der Waals surface area contributed by atoms with Gasteiger partial charge in [0.2, 0.25) is 6.29 Å². The van der Waals surface area contributed by atoms with Gasteiger partial charge in [-0.25, -0.2) is 4.79 Å². The summed E-state index contributed by atoms with van der Waals surface area (Å²) in [5.74, 6) is 0.0990. The SMILES string of the molecule is C=CC(=O)OC(=C)OC(CCCCCCCCC)Oc1ccc(CCCCCCCCC)cc1. The number of hydrogen-bond acceptors (Lipinski definition) is 4. The molecule has 4 heteroatoms. The Morgan fingerprint density at radius 3 is 1.91 bits per heavy atom. The summed E-state index contributed by atoms with van der Waals surface area (Å²) < 4.78 is 16.8. The smallest absolute Gasteiger partial charge is 0.337 e. The van der Waals surface area contributed by atoms with Crippen molar-refractivity contribution in [3.63, 3.8) is 0 Å². The molecule has 1 unspecified atom stereocenters. The predicted octanol–water partition coefficient (Wildman–Crippen LogP) is 9.04. The van der Waals surface area contributed by atoms with Crippen LogP contribution in [0, 0.1) is 0 Å². The van der Waals surface area contributed by atoms with Gasteiger partial charge in [-0.2, -0.15) is 0 Å². The molecule has 192 valence electrons. The third-order valence-corrected chi connectivity index (χ3v) is 5.95. The zero-order valence-corrected chi connectivity index (χ0v) is 21.8. The molecule has 0 saturated carbocycles. The maximum Gasteiger partial charge on any atom is 0.337 e. The largest absolute Gasteiger partial charge is 0.455 e. The van der Waals surface area contributed by atoms with Crippen molar-refractivity contribution in [2.75, 3.05) is 0 Å². The summed E-state index contributed by atoms with van der Waals surface area (Å²) in [5.41, 5.74) is 1.33. The second-order valence-corrected chi connectivity index (χ2v) is 9.09. The van der Waals surface area contributed by atoms with Crippen molar-refractivity contribution in [1.82, 2.24) is 0 Å². The lowest BCUT2D eigenvalue weighted by molar-refractivity contribution is -0.148. The van der Waals surface area contributed by atoms with Crippen molar-refractivity contribution in [3.8, 4) is 5.75 Å². The fraction of sp³-hybridized carbons (Fsp3) is 0.633. The first-order valence-electron chi connectivity index (χ1n) is 13.5. The summed E-state index contributed by atoms with van der Waals surface area (Å²) >= 11 is 0.